The molecule has 0 saturated carbocycles. The van der Waals surface area contributed by atoms with Crippen molar-refractivity contribution >= 4 is 23.1 Å². The first-order valence-electron chi connectivity index (χ1n) is 9.91. The summed E-state index contributed by atoms with van der Waals surface area (Å²) in [4.78, 5) is 24.5. The molecule has 3 N–H and O–H groups in total. The van der Waals surface area contributed by atoms with Crippen molar-refractivity contribution in [2.75, 3.05) is 25.1 Å². The molecule has 156 valence electrons. The molecule has 2 aromatic heterocycles. The molecule has 0 aliphatic carbocycles. The Morgan fingerprint density at radius 1 is 1.33 bits per heavy atom. The molecule has 1 saturated heterocycles. The van der Waals surface area contributed by atoms with Crippen LogP contribution in [0.15, 0.2) is 42.6 Å². The summed E-state index contributed by atoms with van der Waals surface area (Å²) in [6.07, 6.45) is 1.71. The summed E-state index contributed by atoms with van der Waals surface area (Å²) in [5, 5.41) is 2.72. The number of hydrogen-bond donors (Lipinski definition) is 2. The lowest BCUT2D eigenvalue weighted by molar-refractivity contribution is -0.00436. The van der Waals surface area contributed by atoms with E-state index in [0.29, 0.717) is 17.6 Å². The van der Waals surface area contributed by atoms with Gasteiger partial charge in [0.2, 0.25) is 0 Å². The number of benzene rings is 1. The minimum absolute atomic E-state index is 0.428. The first-order chi connectivity index (χ1) is 14.5. The number of rotatable bonds is 5. The predicted octanol–water partition coefficient (Wildman–Crippen LogP) is 3.89. The van der Waals surface area contributed by atoms with Crippen LogP contribution in [0.1, 0.15) is 18.3 Å². The van der Waals surface area contributed by atoms with Gasteiger partial charge < -0.3 is 15.8 Å². The highest BCUT2D eigenvalue weighted by Gasteiger charge is 2.19. The summed E-state index contributed by atoms with van der Waals surface area (Å²) < 4.78 is 5.52. The first-order valence-corrected chi connectivity index (χ1v) is 10.7. The van der Waals surface area contributed by atoms with E-state index in [2.05, 4.69) is 51.4 Å². The van der Waals surface area contributed by atoms with Crippen molar-refractivity contribution in [2.24, 2.45) is 5.73 Å². The number of carbonyl (C=O) groups excluding carboxylic acids is 1. The van der Waals surface area contributed by atoms with Crippen molar-refractivity contribution < 1.29 is 9.53 Å². The monoisotopic (exact) mass is 423 g/mol. The molecule has 0 radical (unpaired) electrons. The van der Waals surface area contributed by atoms with Gasteiger partial charge in [0.25, 0.3) is 0 Å². The van der Waals surface area contributed by atoms with Crippen molar-refractivity contribution in [1.82, 2.24) is 14.9 Å². The molecule has 30 heavy (non-hydrogen) atoms. The Bertz CT molecular complexity index is 1030. The summed E-state index contributed by atoms with van der Waals surface area (Å²) in [6, 6.07) is 12.2. The second-order valence-corrected chi connectivity index (χ2v) is 8.48. The quantitative estimate of drug-likeness (QED) is 0.649. The van der Waals surface area contributed by atoms with Crippen LogP contribution < -0.4 is 11.1 Å². The fourth-order valence-electron chi connectivity index (χ4n) is 3.54. The maximum absolute atomic E-state index is 11.5. The van der Waals surface area contributed by atoms with Crippen molar-refractivity contribution in [3.05, 3.63) is 54.0 Å². The van der Waals surface area contributed by atoms with Gasteiger partial charge in [-0.25, -0.2) is 14.8 Å². The van der Waals surface area contributed by atoms with Crippen LogP contribution in [0.2, 0.25) is 0 Å². The summed E-state index contributed by atoms with van der Waals surface area (Å²) >= 11 is 1.57. The minimum atomic E-state index is -0.596. The molecular weight excluding hydrogens is 398 g/mol. The van der Waals surface area contributed by atoms with Gasteiger partial charge in [-0.3, -0.25) is 4.90 Å². The van der Waals surface area contributed by atoms with Crippen molar-refractivity contribution in [3.8, 4) is 21.0 Å². The third kappa shape index (κ3) is 4.67. The summed E-state index contributed by atoms with van der Waals surface area (Å²) in [7, 11) is 0. The molecule has 0 unspecified atom stereocenters. The topological polar surface area (TPSA) is 93.4 Å². The number of amides is 2. The third-order valence-corrected chi connectivity index (χ3v) is 6.33. The lowest BCUT2D eigenvalue weighted by atomic mass is 10.1. The normalized spacial score (nSPS) is 17.1. The van der Waals surface area contributed by atoms with E-state index in [1.807, 2.05) is 19.1 Å². The second kappa shape index (κ2) is 8.91. The summed E-state index contributed by atoms with van der Waals surface area (Å²) in [5.41, 5.74) is 9.16. The fraction of sp³-hybridized carbons (Fsp3) is 0.318. The van der Waals surface area contributed by atoms with E-state index in [0.717, 1.165) is 47.3 Å². The van der Waals surface area contributed by atoms with Gasteiger partial charge in [0, 0.05) is 30.2 Å². The van der Waals surface area contributed by atoms with Crippen molar-refractivity contribution in [2.45, 2.75) is 26.4 Å². The number of hydrogen-bond acceptors (Lipinski definition) is 6. The number of nitrogens with one attached hydrogen (secondary N) is 1. The van der Waals surface area contributed by atoms with Gasteiger partial charge in [-0.15, -0.1) is 11.3 Å². The van der Waals surface area contributed by atoms with E-state index >= 15 is 0 Å². The molecule has 1 aliphatic rings. The molecule has 2 amide bonds. The SMILES string of the molecule is Cc1nccc(-c2sc(-c3ccc(CN4CCOC[C@@H]4C)cc3)cc2NC(N)=O)n1. The van der Waals surface area contributed by atoms with Gasteiger partial charge in [0.1, 0.15) is 5.82 Å². The number of aryl methyl sites for hydroxylation is 1. The first kappa shape index (κ1) is 20.5. The van der Waals surface area contributed by atoms with E-state index in [1.54, 1.807) is 17.5 Å². The largest absolute Gasteiger partial charge is 0.379 e. The molecule has 4 rings (SSSR count). The Morgan fingerprint density at radius 2 is 2.13 bits per heavy atom. The lowest BCUT2D eigenvalue weighted by Crippen LogP contribution is -2.42. The van der Waals surface area contributed by atoms with Crippen LogP contribution in [0, 0.1) is 6.92 Å². The molecular formula is C22H25N5O2S. The Labute approximate surface area is 179 Å². The molecule has 3 heterocycles. The Balaban J connectivity index is 1.59. The van der Waals surface area contributed by atoms with E-state index in [-0.39, 0.29) is 0 Å². The number of carbonyl (C=O) groups is 1. The Hall–Kier alpha value is -2.81. The average Bonchev–Trinajstić information content (AvgIpc) is 3.13. The third-order valence-electron chi connectivity index (χ3n) is 5.13. The van der Waals surface area contributed by atoms with Crippen LogP contribution in [0.25, 0.3) is 21.0 Å². The summed E-state index contributed by atoms with van der Waals surface area (Å²) in [5.74, 6) is 0.675. The zero-order valence-corrected chi connectivity index (χ0v) is 17.9. The number of aromatic nitrogens is 2. The Kier molecular flexibility index (Phi) is 6.08. The number of primary amides is 1. The van der Waals surface area contributed by atoms with Crippen LogP contribution in [-0.2, 0) is 11.3 Å². The van der Waals surface area contributed by atoms with Gasteiger partial charge >= 0.3 is 6.03 Å². The molecule has 0 bridgehead atoms. The fourth-order valence-corrected chi connectivity index (χ4v) is 4.63. The molecule has 1 fully saturated rings. The van der Waals surface area contributed by atoms with Crippen LogP contribution in [-0.4, -0.2) is 46.7 Å². The van der Waals surface area contributed by atoms with Gasteiger partial charge in [-0.05, 0) is 37.1 Å². The highest BCUT2D eigenvalue weighted by molar-refractivity contribution is 7.19. The molecule has 1 atom stereocenters. The van der Waals surface area contributed by atoms with Gasteiger partial charge in [0.05, 0.1) is 29.5 Å². The number of nitrogens with two attached hydrogens (primary N) is 1. The highest BCUT2D eigenvalue weighted by Crippen LogP contribution is 2.40. The zero-order chi connectivity index (χ0) is 21.1. The number of thiophene rings is 1. The van der Waals surface area contributed by atoms with Crippen LogP contribution in [0.5, 0.6) is 0 Å². The molecule has 1 aliphatic heterocycles. The van der Waals surface area contributed by atoms with Gasteiger partial charge in [-0.2, -0.15) is 0 Å². The summed E-state index contributed by atoms with van der Waals surface area (Å²) in [6.45, 7) is 7.48. The number of urea groups is 1. The average molecular weight is 424 g/mol. The molecule has 3 aromatic rings. The highest BCUT2D eigenvalue weighted by atomic mass is 32.1. The van der Waals surface area contributed by atoms with Gasteiger partial charge in [-0.1, -0.05) is 24.3 Å². The van der Waals surface area contributed by atoms with E-state index < -0.39 is 6.03 Å². The number of morpholine rings is 1. The number of ether oxygens (including phenoxy) is 1. The molecule has 7 nitrogen and oxygen atoms in total. The van der Waals surface area contributed by atoms with Crippen LogP contribution in [0.4, 0.5) is 10.5 Å². The number of anilines is 1. The molecule has 8 heteroatoms. The van der Waals surface area contributed by atoms with Crippen molar-refractivity contribution in [1.29, 1.82) is 0 Å². The van der Waals surface area contributed by atoms with Crippen LogP contribution in [0.3, 0.4) is 0 Å². The number of nitrogens with zero attached hydrogens (tertiary/aromatic N) is 3. The minimum Gasteiger partial charge on any atom is -0.379 e. The van der Waals surface area contributed by atoms with E-state index in [9.17, 15) is 4.79 Å². The second-order valence-electron chi connectivity index (χ2n) is 7.42. The maximum atomic E-state index is 11.5. The smallest absolute Gasteiger partial charge is 0.316 e. The van der Waals surface area contributed by atoms with Gasteiger partial charge in [0.15, 0.2) is 0 Å². The zero-order valence-electron chi connectivity index (χ0n) is 17.1. The molecule has 1 aromatic carbocycles. The predicted molar refractivity (Wildman–Crippen MR) is 119 cm³/mol. The van der Waals surface area contributed by atoms with Crippen LogP contribution >= 0.6 is 11.3 Å². The maximum Gasteiger partial charge on any atom is 0.316 e. The Morgan fingerprint density at radius 3 is 2.83 bits per heavy atom. The molecule has 0 spiro atoms. The standard InChI is InChI=1S/C22H25N5O2S/c1-14-13-29-10-9-27(14)12-16-3-5-17(6-4-16)20-11-19(26-22(23)28)21(30-20)18-7-8-24-15(2)25-18/h3-8,11,14H,9-10,12-13H2,1-2H3,(H3,23,26,28)/t14-/m0/s1. The van der Waals surface area contributed by atoms with Crippen molar-refractivity contribution in [3.63, 3.8) is 0 Å². The van der Waals surface area contributed by atoms with E-state index in [4.69, 9.17) is 10.5 Å². The van der Waals surface area contributed by atoms with E-state index in [1.165, 1.54) is 5.56 Å². The lowest BCUT2D eigenvalue weighted by Gasteiger charge is -2.33.